The van der Waals surface area contributed by atoms with Crippen LogP contribution in [0.15, 0.2) is 73.1 Å². The SMILES string of the molecule is Cc1ccc(NC(=O)c2cccc(C(=O)NCc3ccncc3)c2)cc1. The van der Waals surface area contributed by atoms with Gasteiger partial charge in [0.1, 0.15) is 0 Å². The molecule has 0 spiro atoms. The van der Waals surface area contributed by atoms with Gasteiger partial charge in [0.2, 0.25) is 0 Å². The van der Waals surface area contributed by atoms with Gasteiger partial charge >= 0.3 is 0 Å². The molecule has 0 fully saturated rings. The molecule has 0 saturated heterocycles. The molecule has 0 bridgehead atoms. The number of aromatic nitrogens is 1. The molecule has 0 saturated carbocycles. The third-order valence-electron chi connectivity index (χ3n) is 3.90. The molecule has 26 heavy (non-hydrogen) atoms. The highest BCUT2D eigenvalue weighted by molar-refractivity contribution is 6.06. The fraction of sp³-hybridized carbons (Fsp3) is 0.0952. The summed E-state index contributed by atoms with van der Waals surface area (Å²) >= 11 is 0. The van der Waals surface area contributed by atoms with Crippen molar-refractivity contribution in [2.24, 2.45) is 0 Å². The van der Waals surface area contributed by atoms with Crippen molar-refractivity contribution in [1.29, 1.82) is 0 Å². The number of hydrogen-bond acceptors (Lipinski definition) is 3. The molecule has 0 atom stereocenters. The van der Waals surface area contributed by atoms with E-state index in [0.717, 1.165) is 11.1 Å². The van der Waals surface area contributed by atoms with Crippen molar-refractivity contribution in [3.05, 3.63) is 95.3 Å². The molecule has 0 unspecified atom stereocenters. The smallest absolute Gasteiger partial charge is 0.255 e. The summed E-state index contributed by atoms with van der Waals surface area (Å²) in [7, 11) is 0. The molecule has 0 aliphatic carbocycles. The summed E-state index contributed by atoms with van der Waals surface area (Å²) in [5.74, 6) is -0.482. The molecule has 1 aromatic heterocycles. The summed E-state index contributed by atoms with van der Waals surface area (Å²) in [4.78, 5) is 28.7. The zero-order chi connectivity index (χ0) is 18.4. The van der Waals surface area contributed by atoms with E-state index in [0.29, 0.717) is 23.4 Å². The van der Waals surface area contributed by atoms with E-state index >= 15 is 0 Å². The Labute approximate surface area is 152 Å². The number of anilines is 1. The highest BCUT2D eigenvalue weighted by Crippen LogP contribution is 2.12. The van der Waals surface area contributed by atoms with Crippen LogP contribution in [0.3, 0.4) is 0 Å². The van der Waals surface area contributed by atoms with E-state index in [4.69, 9.17) is 0 Å². The minimum absolute atomic E-state index is 0.230. The third kappa shape index (κ3) is 4.54. The maximum Gasteiger partial charge on any atom is 0.255 e. The molecular formula is C21H19N3O2. The first kappa shape index (κ1) is 17.4. The number of benzene rings is 2. The van der Waals surface area contributed by atoms with Crippen LogP contribution < -0.4 is 10.6 Å². The van der Waals surface area contributed by atoms with Gasteiger partial charge in [0, 0.05) is 35.8 Å². The highest BCUT2D eigenvalue weighted by Gasteiger charge is 2.11. The number of carbonyl (C=O) groups excluding carboxylic acids is 2. The molecule has 3 aromatic rings. The predicted octanol–water partition coefficient (Wildman–Crippen LogP) is 3.57. The van der Waals surface area contributed by atoms with Gasteiger partial charge in [-0.05, 0) is 55.0 Å². The van der Waals surface area contributed by atoms with Gasteiger partial charge in [-0.1, -0.05) is 23.8 Å². The summed E-state index contributed by atoms with van der Waals surface area (Å²) in [6, 6.07) is 17.9. The average Bonchev–Trinajstić information content (AvgIpc) is 2.69. The van der Waals surface area contributed by atoms with Crippen molar-refractivity contribution in [3.8, 4) is 0 Å². The van der Waals surface area contributed by atoms with Crippen LogP contribution >= 0.6 is 0 Å². The number of amides is 2. The van der Waals surface area contributed by atoms with Crippen molar-refractivity contribution >= 4 is 17.5 Å². The number of aryl methyl sites for hydroxylation is 1. The lowest BCUT2D eigenvalue weighted by Gasteiger charge is -2.08. The van der Waals surface area contributed by atoms with Crippen LogP contribution in [0.2, 0.25) is 0 Å². The molecule has 5 heteroatoms. The Hall–Kier alpha value is -3.47. The van der Waals surface area contributed by atoms with Crippen molar-refractivity contribution in [3.63, 3.8) is 0 Å². The first-order chi connectivity index (χ1) is 12.6. The van der Waals surface area contributed by atoms with Gasteiger partial charge in [-0.2, -0.15) is 0 Å². The van der Waals surface area contributed by atoms with Crippen LogP contribution in [0.4, 0.5) is 5.69 Å². The van der Waals surface area contributed by atoms with Crippen molar-refractivity contribution in [2.75, 3.05) is 5.32 Å². The monoisotopic (exact) mass is 345 g/mol. The van der Waals surface area contributed by atoms with Crippen LogP contribution in [-0.2, 0) is 6.54 Å². The lowest BCUT2D eigenvalue weighted by Crippen LogP contribution is -2.23. The molecule has 1 heterocycles. The lowest BCUT2D eigenvalue weighted by molar-refractivity contribution is 0.0951. The molecule has 130 valence electrons. The first-order valence-electron chi connectivity index (χ1n) is 8.27. The second-order valence-corrected chi connectivity index (χ2v) is 5.94. The Kier molecular flexibility index (Phi) is 5.39. The molecule has 2 amide bonds. The minimum Gasteiger partial charge on any atom is -0.348 e. The summed E-state index contributed by atoms with van der Waals surface area (Å²) in [6.45, 7) is 2.39. The molecule has 5 nitrogen and oxygen atoms in total. The summed E-state index contributed by atoms with van der Waals surface area (Å²) in [5.41, 5.74) is 3.67. The third-order valence-corrected chi connectivity index (χ3v) is 3.90. The fourth-order valence-electron chi connectivity index (χ4n) is 2.43. The summed E-state index contributed by atoms with van der Waals surface area (Å²) in [5, 5.41) is 5.67. The van der Waals surface area contributed by atoms with E-state index < -0.39 is 0 Å². The molecule has 2 aromatic carbocycles. The van der Waals surface area contributed by atoms with Gasteiger partial charge in [0.05, 0.1) is 0 Å². The van der Waals surface area contributed by atoms with Crippen molar-refractivity contribution in [1.82, 2.24) is 10.3 Å². The number of pyridine rings is 1. The van der Waals surface area contributed by atoms with Crippen LogP contribution in [0.1, 0.15) is 31.8 Å². The Morgan fingerprint density at radius 1 is 0.885 bits per heavy atom. The summed E-state index contributed by atoms with van der Waals surface area (Å²) in [6.07, 6.45) is 3.36. The van der Waals surface area contributed by atoms with E-state index in [2.05, 4.69) is 15.6 Å². The molecule has 3 rings (SSSR count). The number of rotatable bonds is 5. The molecule has 0 aliphatic heterocycles. The van der Waals surface area contributed by atoms with E-state index in [-0.39, 0.29) is 11.8 Å². The molecule has 2 N–H and O–H groups in total. The molecule has 0 aliphatic rings. The maximum atomic E-state index is 12.4. The largest absolute Gasteiger partial charge is 0.348 e. The zero-order valence-corrected chi connectivity index (χ0v) is 14.4. The van der Waals surface area contributed by atoms with Crippen molar-refractivity contribution < 1.29 is 9.59 Å². The predicted molar refractivity (Wildman–Crippen MR) is 101 cm³/mol. The fourth-order valence-corrected chi connectivity index (χ4v) is 2.43. The quantitative estimate of drug-likeness (QED) is 0.742. The Morgan fingerprint density at radius 2 is 1.54 bits per heavy atom. The van der Waals surface area contributed by atoms with Gasteiger partial charge in [-0.25, -0.2) is 0 Å². The number of nitrogens with one attached hydrogen (secondary N) is 2. The zero-order valence-electron chi connectivity index (χ0n) is 14.4. The van der Waals surface area contributed by atoms with Crippen LogP contribution in [0, 0.1) is 6.92 Å². The number of hydrogen-bond donors (Lipinski definition) is 2. The Bertz CT molecular complexity index is 906. The second-order valence-electron chi connectivity index (χ2n) is 5.94. The van der Waals surface area contributed by atoms with Gasteiger partial charge in [-0.3, -0.25) is 14.6 Å². The van der Waals surface area contributed by atoms with E-state index in [9.17, 15) is 9.59 Å². The van der Waals surface area contributed by atoms with Gasteiger partial charge in [0.15, 0.2) is 0 Å². The number of carbonyl (C=O) groups is 2. The lowest BCUT2D eigenvalue weighted by atomic mass is 10.1. The molecular weight excluding hydrogens is 326 g/mol. The van der Waals surface area contributed by atoms with E-state index in [1.54, 1.807) is 36.7 Å². The normalized spacial score (nSPS) is 10.2. The topological polar surface area (TPSA) is 71.1 Å². The van der Waals surface area contributed by atoms with Crippen LogP contribution in [-0.4, -0.2) is 16.8 Å². The Balaban J connectivity index is 1.66. The van der Waals surface area contributed by atoms with Gasteiger partial charge < -0.3 is 10.6 Å². The minimum atomic E-state index is -0.252. The van der Waals surface area contributed by atoms with Gasteiger partial charge in [-0.15, -0.1) is 0 Å². The van der Waals surface area contributed by atoms with Crippen molar-refractivity contribution in [2.45, 2.75) is 13.5 Å². The van der Waals surface area contributed by atoms with Crippen LogP contribution in [0.5, 0.6) is 0 Å². The average molecular weight is 345 g/mol. The number of nitrogens with zero attached hydrogens (tertiary/aromatic N) is 1. The van der Waals surface area contributed by atoms with Crippen LogP contribution in [0.25, 0.3) is 0 Å². The highest BCUT2D eigenvalue weighted by atomic mass is 16.2. The molecule has 0 radical (unpaired) electrons. The standard InChI is InChI=1S/C21H19N3O2/c1-15-5-7-19(8-6-15)24-21(26)18-4-2-3-17(13-18)20(25)23-14-16-9-11-22-12-10-16/h2-13H,14H2,1H3,(H,23,25)(H,24,26). The first-order valence-corrected chi connectivity index (χ1v) is 8.27. The van der Waals surface area contributed by atoms with E-state index in [1.807, 2.05) is 43.3 Å². The second kappa shape index (κ2) is 8.07. The Morgan fingerprint density at radius 3 is 2.23 bits per heavy atom. The van der Waals surface area contributed by atoms with E-state index in [1.165, 1.54) is 0 Å². The maximum absolute atomic E-state index is 12.4. The van der Waals surface area contributed by atoms with Gasteiger partial charge in [0.25, 0.3) is 11.8 Å². The summed E-state index contributed by atoms with van der Waals surface area (Å²) < 4.78 is 0.